The van der Waals surface area contributed by atoms with Crippen LogP contribution in [0.3, 0.4) is 0 Å². The molecule has 0 saturated heterocycles. The molecule has 0 aliphatic heterocycles. The highest BCUT2D eigenvalue weighted by atomic mass is 15.2. The van der Waals surface area contributed by atoms with E-state index in [0.29, 0.717) is 5.92 Å². The first-order valence-corrected chi connectivity index (χ1v) is 8.11. The van der Waals surface area contributed by atoms with Crippen molar-refractivity contribution in [3.63, 3.8) is 0 Å². The standard InChI is InChI=1S/C22H31N/c1-8-13-15-16-20(7)23(21(11-4)17-14-9-2)22(12-5)18-19(6)10-3/h8-9,11-19H,1-2,5,10H2,3-4,6-7H3/b15-13-,17-14-,20-16+,21-11+,22-18+. The van der Waals surface area contributed by atoms with Crippen molar-refractivity contribution in [2.45, 2.75) is 34.1 Å². The van der Waals surface area contributed by atoms with Crippen LogP contribution >= 0.6 is 0 Å². The van der Waals surface area contributed by atoms with Crippen LogP contribution in [0.5, 0.6) is 0 Å². The molecule has 124 valence electrons. The molecule has 1 nitrogen and oxygen atoms in total. The molecule has 0 aromatic rings. The smallest absolute Gasteiger partial charge is 0.0415 e. The van der Waals surface area contributed by atoms with Gasteiger partial charge in [-0.05, 0) is 38.0 Å². The van der Waals surface area contributed by atoms with E-state index in [4.69, 9.17) is 0 Å². The molecular weight excluding hydrogens is 278 g/mol. The van der Waals surface area contributed by atoms with E-state index in [1.165, 1.54) is 0 Å². The highest BCUT2D eigenvalue weighted by molar-refractivity contribution is 5.35. The summed E-state index contributed by atoms with van der Waals surface area (Å²) in [5.41, 5.74) is 3.28. The van der Waals surface area contributed by atoms with Crippen LogP contribution in [-0.2, 0) is 0 Å². The van der Waals surface area contributed by atoms with Gasteiger partial charge in [-0.2, -0.15) is 0 Å². The zero-order chi connectivity index (χ0) is 17.7. The Morgan fingerprint density at radius 1 is 1.04 bits per heavy atom. The lowest BCUT2D eigenvalue weighted by Gasteiger charge is -2.28. The van der Waals surface area contributed by atoms with E-state index >= 15 is 0 Å². The average molecular weight is 309 g/mol. The van der Waals surface area contributed by atoms with Gasteiger partial charge in [-0.25, -0.2) is 0 Å². The maximum absolute atomic E-state index is 4.00. The van der Waals surface area contributed by atoms with Crippen molar-refractivity contribution in [2.75, 3.05) is 0 Å². The molecule has 0 spiro atoms. The quantitative estimate of drug-likeness (QED) is 0.406. The largest absolute Gasteiger partial charge is 0.315 e. The molecule has 0 aliphatic rings. The van der Waals surface area contributed by atoms with Crippen LogP contribution < -0.4 is 0 Å². The Morgan fingerprint density at radius 2 is 1.70 bits per heavy atom. The van der Waals surface area contributed by atoms with Gasteiger partial charge in [0.25, 0.3) is 0 Å². The Kier molecular flexibility index (Phi) is 11.1. The third kappa shape index (κ3) is 7.51. The SMILES string of the molecule is C=C/C=C\C=C(/C)N(/C(C=C)=C/C(C)CC)C(/C=C\C=C)=C/C. The summed E-state index contributed by atoms with van der Waals surface area (Å²) in [6, 6.07) is 0. The van der Waals surface area contributed by atoms with Crippen molar-refractivity contribution in [3.05, 3.63) is 97.6 Å². The second-order valence-electron chi connectivity index (χ2n) is 5.25. The van der Waals surface area contributed by atoms with E-state index in [1.54, 1.807) is 12.2 Å². The second-order valence-corrected chi connectivity index (χ2v) is 5.25. The second kappa shape index (κ2) is 12.3. The topological polar surface area (TPSA) is 3.24 Å². The molecule has 0 rings (SSSR count). The molecule has 23 heavy (non-hydrogen) atoms. The molecule has 1 unspecified atom stereocenters. The normalized spacial score (nSPS) is 15.0. The molecular formula is C22H31N. The van der Waals surface area contributed by atoms with Gasteiger partial charge in [0.05, 0.1) is 0 Å². The van der Waals surface area contributed by atoms with Crippen molar-refractivity contribution < 1.29 is 0 Å². The first-order chi connectivity index (χ1) is 11.0. The summed E-state index contributed by atoms with van der Waals surface area (Å²) < 4.78 is 0. The summed E-state index contributed by atoms with van der Waals surface area (Å²) >= 11 is 0. The van der Waals surface area contributed by atoms with Gasteiger partial charge in [-0.15, -0.1) is 0 Å². The monoisotopic (exact) mass is 309 g/mol. The predicted octanol–water partition coefficient (Wildman–Crippen LogP) is 6.70. The van der Waals surface area contributed by atoms with Gasteiger partial charge in [0.15, 0.2) is 0 Å². The molecule has 0 N–H and O–H groups in total. The summed E-state index contributed by atoms with van der Waals surface area (Å²) in [5.74, 6) is 0.489. The number of rotatable bonds is 10. The van der Waals surface area contributed by atoms with Crippen molar-refractivity contribution in [1.29, 1.82) is 0 Å². The number of nitrogens with zero attached hydrogens (tertiary/aromatic N) is 1. The molecule has 0 fully saturated rings. The van der Waals surface area contributed by atoms with Gasteiger partial charge >= 0.3 is 0 Å². The van der Waals surface area contributed by atoms with Gasteiger partial charge in [-0.3, -0.25) is 0 Å². The summed E-state index contributed by atoms with van der Waals surface area (Å²) in [5, 5.41) is 0. The highest BCUT2D eigenvalue weighted by Crippen LogP contribution is 2.24. The molecule has 1 atom stereocenters. The van der Waals surface area contributed by atoms with E-state index in [1.807, 2.05) is 31.2 Å². The third-order valence-corrected chi connectivity index (χ3v) is 3.46. The summed E-state index contributed by atoms with van der Waals surface area (Å²) in [6.45, 7) is 20.0. The summed E-state index contributed by atoms with van der Waals surface area (Å²) in [6.07, 6.45) is 20.9. The first-order valence-electron chi connectivity index (χ1n) is 8.11. The van der Waals surface area contributed by atoms with Crippen LogP contribution in [0.4, 0.5) is 0 Å². The maximum atomic E-state index is 4.00. The minimum atomic E-state index is 0.489. The third-order valence-electron chi connectivity index (χ3n) is 3.46. The lowest BCUT2D eigenvalue weighted by atomic mass is 10.1. The fourth-order valence-corrected chi connectivity index (χ4v) is 2.01. The van der Waals surface area contributed by atoms with Crippen LogP contribution in [-0.4, -0.2) is 4.90 Å². The lowest BCUT2D eigenvalue weighted by Crippen LogP contribution is -2.19. The molecule has 0 bridgehead atoms. The molecule has 0 aromatic carbocycles. The van der Waals surface area contributed by atoms with Crippen molar-refractivity contribution in [2.24, 2.45) is 5.92 Å². The average Bonchev–Trinajstić information content (AvgIpc) is 2.56. The summed E-state index contributed by atoms with van der Waals surface area (Å²) in [7, 11) is 0. The Balaban J connectivity index is 6.00. The van der Waals surface area contributed by atoms with Gasteiger partial charge < -0.3 is 4.90 Å². The van der Waals surface area contributed by atoms with Gasteiger partial charge in [0.1, 0.15) is 0 Å². The van der Waals surface area contributed by atoms with E-state index in [2.05, 4.69) is 69.7 Å². The minimum absolute atomic E-state index is 0.489. The number of hydrogen-bond acceptors (Lipinski definition) is 1. The number of allylic oxidation sites excluding steroid dienone is 11. The van der Waals surface area contributed by atoms with E-state index in [0.717, 1.165) is 23.5 Å². The van der Waals surface area contributed by atoms with E-state index in [-0.39, 0.29) is 0 Å². The fourth-order valence-electron chi connectivity index (χ4n) is 2.01. The Morgan fingerprint density at radius 3 is 2.17 bits per heavy atom. The zero-order valence-corrected chi connectivity index (χ0v) is 15.1. The van der Waals surface area contributed by atoms with Crippen molar-refractivity contribution in [3.8, 4) is 0 Å². The number of hydrogen-bond donors (Lipinski definition) is 0. The fraction of sp³-hybridized carbons (Fsp3) is 0.273. The molecule has 0 aliphatic carbocycles. The highest BCUT2D eigenvalue weighted by Gasteiger charge is 2.12. The van der Waals surface area contributed by atoms with Gasteiger partial charge in [0.2, 0.25) is 0 Å². The molecule has 0 heterocycles. The van der Waals surface area contributed by atoms with Gasteiger partial charge in [0, 0.05) is 17.1 Å². The Labute approximate surface area is 143 Å². The summed E-state index contributed by atoms with van der Waals surface area (Å²) in [4.78, 5) is 2.20. The van der Waals surface area contributed by atoms with E-state index in [9.17, 15) is 0 Å². The van der Waals surface area contributed by atoms with Crippen LogP contribution in [0.15, 0.2) is 97.6 Å². The minimum Gasteiger partial charge on any atom is -0.315 e. The van der Waals surface area contributed by atoms with Crippen LogP contribution in [0.2, 0.25) is 0 Å². The maximum Gasteiger partial charge on any atom is 0.0415 e. The van der Waals surface area contributed by atoms with Gasteiger partial charge in [-0.1, -0.05) is 82.5 Å². The van der Waals surface area contributed by atoms with Crippen molar-refractivity contribution >= 4 is 0 Å². The lowest BCUT2D eigenvalue weighted by molar-refractivity contribution is 0.545. The van der Waals surface area contributed by atoms with Crippen molar-refractivity contribution in [1.82, 2.24) is 4.90 Å². The molecule has 0 amide bonds. The molecule has 0 saturated carbocycles. The molecule has 0 aromatic heterocycles. The zero-order valence-electron chi connectivity index (χ0n) is 15.1. The van der Waals surface area contributed by atoms with E-state index < -0.39 is 0 Å². The van der Waals surface area contributed by atoms with Crippen LogP contribution in [0.1, 0.15) is 34.1 Å². The van der Waals surface area contributed by atoms with Crippen LogP contribution in [0.25, 0.3) is 0 Å². The van der Waals surface area contributed by atoms with Crippen LogP contribution in [0, 0.1) is 5.92 Å². The Hall–Kier alpha value is -2.28. The predicted molar refractivity (Wildman–Crippen MR) is 106 cm³/mol. The molecule has 0 radical (unpaired) electrons. The molecule has 1 heteroatoms. The Bertz CT molecular complexity index is 538. The first kappa shape index (κ1) is 20.7.